The lowest BCUT2D eigenvalue weighted by Crippen LogP contribution is -3.00. The van der Waals surface area contributed by atoms with Gasteiger partial charge in [-0.25, -0.2) is 0 Å². The minimum atomic E-state index is 0. The van der Waals surface area contributed by atoms with E-state index in [9.17, 15) is 0 Å². The summed E-state index contributed by atoms with van der Waals surface area (Å²) in [6.07, 6.45) is 0.363. The van der Waals surface area contributed by atoms with Gasteiger partial charge in [0.05, 0.1) is 45.9 Å². The van der Waals surface area contributed by atoms with Crippen molar-refractivity contribution in [2.75, 3.05) is 59.0 Å². The van der Waals surface area contributed by atoms with Crippen molar-refractivity contribution < 1.29 is 61.7 Å². The van der Waals surface area contributed by atoms with Gasteiger partial charge in [0.15, 0.2) is 0 Å². The van der Waals surface area contributed by atoms with Crippen molar-refractivity contribution in [2.24, 2.45) is 0 Å². The number of hydrogen-bond acceptors (Lipinski definition) is 1. The molecule has 0 radical (unpaired) electrons. The molecular formula is C17H40I2N2O. The van der Waals surface area contributed by atoms with Gasteiger partial charge in [-0.05, 0) is 48.5 Å². The normalized spacial score (nSPS) is 13.2. The molecule has 0 bridgehead atoms. The molecule has 1 atom stereocenters. The molecule has 0 fully saturated rings. The Morgan fingerprint density at radius 3 is 1.36 bits per heavy atom. The highest BCUT2D eigenvalue weighted by Crippen LogP contribution is 2.10. The monoisotopic (exact) mass is 542 g/mol. The van der Waals surface area contributed by atoms with Gasteiger partial charge in [-0.2, -0.15) is 0 Å². The lowest BCUT2D eigenvalue weighted by molar-refractivity contribution is -0.928. The number of hydrogen-bond donors (Lipinski definition) is 0. The highest BCUT2D eigenvalue weighted by atomic mass is 127. The van der Waals surface area contributed by atoms with Gasteiger partial charge in [0.25, 0.3) is 0 Å². The fourth-order valence-corrected chi connectivity index (χ4v) is 3.25. The predicted molar refractivity (Wildman–Crippen MR) is 88.9 cm³/mol. The molecule has 0 aromatic carbocycles. The first kappa shape index (κ1) is 28.2. The Kier molecular flexibility index (Phi) is 18.8. The van der Waals surface area contributed by atoms with Crippen LogP contribution in [0.5, 0.6) is 0 Å². The molecule has 0 aliphatic carbocycles. The Bertz CT molecular complexity index is 228. The summed E-state index contributed by atoms with van der Waals surface area (Å²) < 4.78 is 8.49. The molecule has 3 nitrogen and oxygen atoms in total. The lowest BCUT2D eigenvalue weighted by atomic mass is 10.2. The van der Waals surface area contributed by atoms with Gasteiger partial charge in [-0.3, -0.25) is 0 Å². The van der Waals surface area contributed by atoms with E-state index in [0.29, 0.717) is 6.10 Å². The van der Waals surface area contributed by atoms with Crippen LogP contribution in [0.1, 0.15) is 48.5 Å². The number of halogens is 2. The van der Waals surface area contributed by atoms with E-state index in [1.807, 2.05) is 0 Å². The molecule has 0 spiro atoms. The average Bonchev–Trinajstić information content (AvgIpc) is 2.50. The fraction of sp³-hybridized carbons (Fsp3) is 1.00. The van der Waals surface area contributed by atoms with Crippen molar-refractivity contribution in [2.45, 2.75) is 54.6 Å². The summed E-state index contributed by atoms with van der Waals surface area (Å²) in [6.45, 7) is 26.5. The predicted octanol–water partition coefficient (Wildman–Crippen LogP) is -2.85. The number of likely N-dealkylation sites (N-methyl/N-ethyl adjacent to an activating group) is 2. The molecule has 0 aromatic heterocycles. The highest BCUT2D eigenvalue weighted by Gasteiger charge is 2.25. The van der Waals surface area contributed by atoms with Gasteiger partial charge in [0.1, 0.15) is 19.2 Å². The van der Waals surface area contributed by atoms with Crippen LogP contribution in [0, 0.1) is 0 Å². The van der Waals surface area contributed by atoms with Crippen LogP contribution in [0.3, 0.4) is 0 Å². The fourth-order valence-electron chi connectivity index (χ4n) is 3.25. The van der Waals surface area contributed by atoms with Gasteiger partial charge in [0.2, 0.25) is 0 Å². The number of ether oxygens (including phenoxy) is 1. The third-order valence-corrected chi connectivity index (χ3v) is 5.64. The first-order valence-electron chi connectivity index (χ1n) is 8.78. The first-order valence-corrected chi connectivity index (χ1v) is 8.78. The van der Waals surface area contributed by atoms with Gasteiger partial charge in [0, 0.05) is 0 Å². The molecule has 0 heterocycles. The Morgan fingerprint density at radius 1 is 0.682 bits per heavy atom. The summed E-state index contributed by atoms with van der Waals surface area (Å²) in [5.74, 6) is 0. The van der Waals surface area contributed by atoms with Crippen LogP contribution in [0.2, 0.25) is 0 Å². The van der Waals surface area contributed by atoms with Crippen LogP contribution in [0.15, 0.2) is 0 Å². The summed E-state index contributed by atoms with van der Waals surface area (Å²) in [4.78, 5) is 0. The quantitative estimate of drug-likeness (QED) is 0.191. The third-order valence-electron chi connectivity index (χ3n) is 5.64. The van der Waals surface area contributed by atoms with Gasteiger partial charge in [-0.1, -0.05) is 0 Å². The number of rotatable bonds is 12. The van der Waals surface area contributed by atoms with Crippen molar-refractivity contribution >= 4 is 0 Å². The standard InChI is InChI=1S/C17H40N2O.2HI/c1-8-18(9-2,10-3)14-15-20-17(7)16-19(11-4,12-5)13-6;;/h17H,8-16H2,1-7H3;2*1H/q+2;;/p-2. The zero-order valence-corrected chi connectivity index (χ0v) is 20.3. The van der Waals surface area contributed by atoms with E-state index in [1.54, 1.807) is 0 Å². The summed E-state index contributed by atoms with van der Waals surface area (Å²) >= 11 is 0. The molecule has 0 saturated heterocycles. The SMILES string of the molecule is CC[N+](CC)(CC)CCOC(C)C[N+](CC)(CC)CC.[I-].[I-]. The molecule has 138 valence electrons. The Morgan fingerprint density at radius 2 is 1.05 bits per heavy atom. The van der Waals surface area contributed by atoms with Crippen molar-refractivity contribution in [1.29, 1.82) is 0 Å². The summed E-state index contributed by atoms with van der Waals surface area (Å²) in [7, 11) is 0. The number of nitrogens with zero attached hydrogens (tertiary/aromatic N) is 2. The molecule has 0 aromatic rings. The number of quaternary nitrogens is 2. The van der Waals surface area contributed by atoms with Crippen LogP contribution in [-0.4, -0.2) is 74.0 Å². The molecule has 5 heteroatoms. The van der Waals surface area contributed by atoms with Crippen LogP contribution in [-0.2, 0) is 4.74 Å². The van der Waals surface area contributed by atoms with Crippen LogP contribution < -0.4 is 48.0 Å². The van der Waals surface area contributed by atoms with Crippen molar-refractivity contribution in [3.8, 4) is 0 Å². The van der Waals surface area contributed by atoms with Crippen LogP contribution in [0.25, 0.3) is 0 Å². The maximum atomic E-state index is 6.13. The third kappa shape index (κ3) is 8.99. The average molecular weight is 542 g/mol. The van der Waals surface area contributed by atoms with Crippen LogP contribution in [0.4, 0.5) is 0 Å². The second-order valence-electron chi connectivity index (χ2n) is 6.17. The van der Waals surface area contributed by atoms with Crippen molar-refractivity contribution in [3.05, 3.63) is 0 Å². The zero-order chi connectivity index (χ0) is 15.6. The molecule has 0 N–H and O–H groups in total. The van der Waals surface area contributed by atoms with Crippen molar-refractivity contribution in [3.63, 3.8) is 0 Å². The minimum Gasteiger partial charge on any atom is -1.00 e. The second kappa shape index (κ2) is 14.7. The lowest BCUT2D eigenvalue weighted by Gasteiger charge is -2.38. The second-order valence-corrected chi connectivity index (χ2v) is 6.17. The van der Waals surface area contributed by atoms with E-state index < -0.39 is 0 Å². The zero-order valence-electron chi connectivity index (χ0n) is 16.0. The molecule has 1 unspecified atom stereocenters. The van der Waals surface area contributed by atoms with Gasteiger partial charge in [-0.15, -0.1) is 0 Å². The molecule has 0 amide bonds. The largest absolute Gasteiger partial charge is 1.00 e. The minimum absolute atomic E-state index is 0. The van der Waals surface area contributed by atoms with E-state index in [-0.39, 0.29) is 48.0 Å². The van der Waals surface area contributed by atoms with E-state index in [2.05, 4.69) is 48.5 Å². The van der Waals surface area contributed by atoms with Gasteiger partial charge < -0.3 is 61.7 Å². The van der Waals surface area contributed by atoms with E-state index in [0.717, 1.165) is 19.7 Å². The molecule has 0 aliphatic heterocycles. The summed E-state index contributed by atoms with van der Waals surface area (Å²) in [6, 6.07) is 0. The molecule has 22 heavy (non-hydrogen) atoms. The Hall–Kier alpha value is 1.34. The molecular weight excluding hydrogens is 502 g/mol. The molecule has 0 saturated carbocycles. The summed E-state index contributed by atoms with van der Waals surface area (Å²) in [5.41, 5.74) is 0. The summed E-state index contributed by atoms with van der Waals surface area (Å²) in [5, 5.41) is 0. The first-order chi connectivity index (χ1) is 9.46. The maximum Gasteiger partial charge on any atom is 0.105 e. The van der Waals surface area contributed by atoms with E-state index in [4.69, 9.17) is 4.74 Å². The maximum absolute atomic E-state index is 6.13. The topological polar surface area (TPSA) is 9.23 Å². The van der Waals surface area contributed by atoms with E-state index >= 15 is 0 Å². The Balaban J connectivity index is -0.00000180. The molecule has 0 rings (SSSR count). The van der Waals surface area contributed by atoms with Crippen molar-refractivity contribution in [1.82, 2.24) is 0 Å². The highest BCUT2D eigenvalue weighted by molar-refractivity contribution is 4.51. The molecule has 0 aliphatic rings. The Labute approximate surface area is 174 Å². The smallest absolute Gasteiger partial charge is 0.105 e. The van der Waals surface area contributed by atoms with Gasteiger partial charge >= 0.3 is 0 Å². The van der Waals surface area contributed by atoms with Crippen LogP contribution >= 0.6 is 0 Å². The van der Waals surface area contributed by atoms with E-state index in [1.165, 1.54) is 48.2 Å².